The highest BCUT2D eigenvalue weighted by atomic mass is 16.5. The van der Waals surface area contributed by atoms with E-state index < -0.39 is 17.4 Å². The van der Waals surface area contributed by atoms with Crippen LogP contribution in [0.15, 0.2) is 77.6 Å². The van der Waals surface area contributed by atoms with Crippen molar-refractivity contribution >= 4 is 22.6 Å². The van der Waals surface area contributed by atoms with Gasteiger partial charge in [-0.05, 0) is 46.9 Å². The van der Waals surface area contributed by atoms with Gasteiger partial charge in [-0.3, -0.25) is 25.2 Å². The van der Waals surface area contributed by atoms with Gasteiger partial charge in [0.05, 0.1) is 5.39 Å². The van der Waals surface area contributed by atoms with Crippen LogP contribution in [0.3, 0.4) is 0 Å². The molecule has 1 aromatic heterocycles. The van der Waals surface area contributed by atoms with E-state index in [1.165, 1.54) is 5.56 Å². The summed E-state index contributed by atoms with van der Waals surface area (Å²) in [6.07, 6.45) is 0. The van der Waals surface area contributed by atoms with Crippen LogP contribution in [0.2, 0.25) is 0 Å². The molecular formula is C27H26N4O4. The van der Waals surface area contributed by atoms with Gasteiger partial charge in [-0.15, -0.1) is 0 Å². The van der Waals surface area contributed by atoms with Gasteiger partial charge in [-0.25, -0.2) is 5.10 Å². The lowest BCUT2D eigenvalue weighted by Crippen LogP contribution is -2.42. The van der Waals surface area contributed by atoms with Crippen molar-refractivity contribution in [2.45, 2.75) is 32.8 Å². The van der Waals surface area contributed by atoms with Crippen molar-refractivity contribution in [2.75, 3.05) is 0 Å². The molecule has 0 aliphatic carbocycles. The first kappa shape index (κ1) is 23.7. The monoisotopic (exact) mass is 470 g/mol. The van der Waals surface area contributed by atoms with E-state index in [0.29, 0.717) is 22.9 Å². The first-order valence-electron chi connectivity index (χ1n) is 11.1. The number of benzene rings is 3. The average molecular weight is 471 g/mol. The largest absolute Gasteiger partial charge is 0.489 e. The summed E-state index contributed by atoms with van der Waals surface area (Å²) in [7, 11) is 0. The third-order valence-electron chi connectivity index (χ3n) is 5.54. The van der Waals surface area contributed by atoms with Crippen LogP contribution in [0.4, 0.5) is 0 Å². The van der Waals surface area contributed by atoms with E-state index in [9.17, 15) is 14.4 Å². The Labute approximate surface area is 202 Å². The molecule has 0 spiro atoms. The highest BCUT2D eigenvalue weighted by Gasteiger charge is 2.15. The number of aromatic amines is 1. The first-order valence-corrected chi connectivity index (χ1v) is 11.1. The summed E-state index contributed by atoms with van der Waals surface area (Å²) >= 11 is 0. The summed E-state index contributed by atoms with van der Waals surface area (Å²) in [6.45, 7) is 6.84. The van der Waals surface area contributed by atoms with Gasteiger partial charge in [0.15, 0.2) is 5.69 Å². The molecule has 1 heterocycles. The molecule has 3 N–H and O–H groups in total. The molecule has 35 heavy (non-hydrogen) atoms. The minimum atomic E-state index is -0.645. The summed E-state index contributed by atoms with van der Waals surface area (Å²) in [5, 5.41) is 6.83. The summed E-state index contributed by atoms with van der Waals surface area (Å²) in [4.78, 5) is 36.9. The minimum absolute atomic E-state index is 0.00327. The van der Waals surface area contributed by atoms with Gasteiger partial charge >= 0.3 is 0 Å². The molecule has 0 fully saturated rings. The fourth-order valence-corrected chi connectivity index (χ4v) is 3.50. The fourth-order valence-electron chi connectivity index (χ4n) is 3.50. The number of nitrogens with one attached hydrogen (secondary N) is 3. The number of hydrazine groups is 1. The van der Waals surface area contributed by atoms with Crippen LogP contribution in [0.5, 0.6) is 5.75 Å². The quantitative estimate of drug-likeness (QED) is 0.383. The smallest absolute Gasteiger partial charge is 0.290 e. The van der Waals surface area contributed by atoms with Gasteiger partial charge in [0, 0.05) is 10.9 Å². The predicted molar refractivity (Wildman–Crippen MR) is 133 cm³/mol. The van der Waals surface area contributed by atoms with Crippen LogP contribution in [0, 0.1) is 0 Å². The molecular weight excluding hydrogens is 444 g/mol. The Morgan fingerprint density at radius 1 is 0.857 bits per heavy atom. The number of amides is 2. The normalized spacial score (nSPS) is 11.2. The lowest BCUT2D eigenvalue weighted by Gasteiger charge is -2.19. The number of nitrogens with zero attached hydrogens (tertiary/aromatic N) is 1. The molecule has 0 unspecified atom stereocenters. The molecule has 0 saturated carbocycles. The molecule has 4 aromatic rings. The van der Waals surface area contributed by atoms with Crippen LogP contribution >= 0.6 is 0 Å². The van der Waals surface area contributed by atoms with Crippen molar-refractivity contribution < 1.29 is 14.3 Å². The molecule has 0 aliphatic rings. The molecule has 8 heteroatoms. The lowest BCUT2D eigenvalue weighted by molar-refractivity contribution is 0.0844. The van der Waals surface area contributed by atoms with Gasteiger partial charge < -0.3 is 4.74 Å². The number of H-pyrrole nitrogens is 1. The maximum absolute atomic E-state index is 12.5. The van der Waals surface area contributed by atoms with Crippen LogP contribution in [-0.4, -0.2) is 22.0 Å². The molecule has 178 valence electrons. The van der Waals surface area contributed by atoms with Crippen molar-refractivity contribution in [1.29, 1.82) is 0 Å². The van der Waals surface area contributed by atoms with Gasteiger partial charge in [-0.1, -0.05) is 63.2 Å². The third-order valence-corrected chi connectivity index (χ3v) is 5.54. The second-order valence-electron chi connectivity index (χ2n) is 9.12. The molecule has 0 aliphatic heterocycles. The van der Waals surface area contributed by atoms with Crippen molar-refractivity contribution in [3.63, 3.8) is 0 Å². The molecule has 4 rings (SSSR count). The maximum atomic E-state index is 12.5. The van der Waals surface area contributed by atoms with E-state index in [-0.39, 0.29) is 11.1 Å². The molecule has 0 atom stereocenters. The van der Waals surface area contributed by atoms with E-state index in [0.717, 1.165) is 11.3 Å². The number of hydrogen-bond donors (Lipinski definition) is 3. The standard InChI is InChI=1S/C27H26N4O4/c1-27(2,3)19-12-14-20(15-13-19)35-16-17-8-10-18(11-9-17)24(32)29-31-26(34)23-21-6-4-5-7-22(21)25(33)30-28-23/h4-15H,16H2,1-3H3,(H,29,32)(H,30,33)(H,31,34). The zero-order chi connectivity index (χ0) is 25.0. The highest BCUT2D eigenvalue weighted by Crippen LogP contribution is 2.24. The Morgan fingerprint density at radius 3 is 2.14 bits per heavy atom. The molecule has 0 radical (unpaired) electrons. The number of carbonyl (C=O) groups excluding carboxylic acids is 2. The van der Waals surface area contributed by atoms with E-state index in [1.807, 2.05) is 12.1 Å². The summed E-state index contributed by atoms with van der Waals surface area (Å²) in [6, 6.07) is 21.5. The van der Waals surface area contributed by atoms with Gasteiger partial charge in [-0.2, -0.15) is 5.10 Å². The highest BCUT2D eigenvalue weighted by molar-refractivity contribution is 6.05. The molecule has 0 saturated heterocycles. The van der Waals surface area contributed by atoms with Gasteiger partial charge in [0.2, 0.25) is 0 Å². The van der Waals surface area contributed by atoms with E-state index >= 15 is 0 Å². The SMILES string of the molecule is CC(C)(C)c1ccc(OCc2ccc(C(=O)NNC(=O)c3n[nH]c(=O)c4ccccc34)cc2)cc1. The van der Waals surface area contributed by atoms with Crippen LogP contribution < -0.4 is 21.1 Å². The molecule has 3 aromatic carbocycles. The van der Waals surface area contributed by atoms with Crippen molar-refractivity contribution in [3.05, 3.63) is 106 Å². The Morgan fingerprint density at radius 2 is 1.49 bits per heavy atom. The number of carbonyl (C=O) groups is 2. The second-order valence-corrected chi connectivity index (χ2v) is 9.12. The number of fused-ring (bicyclic) bond motifs is 1. The van der Waals surface area contributed by atoms with E-state index in [1.54, 1.807) is 48.5 Å². The number of hydrogen-bond acceptors (Lipinski definition) is 5. The minimum Gasteiger partial charge on any atom is -0.489 e. The van der Waals surface area contributed by atoms with Crippen LogP contribution in [0.1, 0.15) is 52.7 Å². The average Bonchev–Trinajstić information content (AvgIpc) is 2.86. The van der Waals surface area contributed by atoms with E-state index in [2.05, 4.69) is 54.0 Å². The van der Waals surface area contributed by atoms with Crippen molar-refractivity contribution in [2.24, 2.45) is 0 Å². The Balaban J connectivity index is 1.33. The van der Waals surface area contributed by atoms with E-state index in [4.69, 9.17) is 4.74 Å². The topological polar surface area (TPSA) is 113 Å². The van der Waals surface area contributed by atoms with Gasteiger partial charge in [0.1, 0.15) is 12.4 Å². The maximum Gasteiger partial charge on any atom is 0.290 e. The molecule has 8 nitrogen and oxygen atoms in total. The van der Waals surface area contributed by atoms with Crippen molar-refractivity contribution in [1.82, 2.24) is 21.0 Å². The summed E-state index contributed by atoms with van der Waals surface area (Å²) < 4.78 is 5.84. The summed E-state index contributed by atoms with van der Waals surface area (Å²) in [5.74, 6) is -0.364. The zero-order valence-electron chi connectivity index (χ0n) is 19.7. The van der Waals surface area contributed by atoms with Gasteiger partial charge in [0.25, 0.3) is 17.4 Å². The lowest BCUT2D eigenvalue weighted by atomic mass is 9.87. The number of rotatable bonds is 5. The Hall–Kier alpha value is -4.46. The Bertz CT molecular complexity index is 1420. The number of ether oxygens (including phenoxy) is 1. The third kappa shape index (κ3) is 5.55. The molecule has 0 bridgehead atoms. The van der Waals surface area contributed by atoms with Crippen molar-refractivity contribution in [3.8, 4) is 5.75 Å². The summed E-state index contributed by atoms with van der Waals surface area (Å²) in [5.41, 5.74) is 6.89. The Kier molecular flexibility index (Phi) is 6.64. The zero-order valence-corrected chi connectivity index (χ0v) is 19.7. The number of aromatic nitrogens is 2. The first-order chi connectivity index (χ1) is 16.7. The second kappa shape index (κ2) is 9.80. The molecule has 2 amide bonds. The van der Waals surface area contributed by atoms with Crippen LogP contribution in [0.25, 0.3) is 10.8 Å². The van der Waals surface area contributed by atoms with Crippen LogP contribution in [-0.2, 0) is 12.0 Å². The predicted octanol–water partition coefficient (Wildman–Crippen LogP) is 3.87. The fraction of sp³-hybridized carbons (Fsp3) is 0.185.